The summed E-state index contributed by atoms with van der Waals surface area (Å²) < 4.78 is 27.3. The highest BCUT2D eigenvalue weighted by atomic mass is 35.5. The molecule has 8 heteroatoms. The van der Waals surface area contributed by atoms with E-state index in [1.54, 1.807) is 12.1 Å². The molecule has 1 amide bonds. The highest BCUT2D eigenvalue weighted by Gasteiger charge is 2.26. The van der Waals surface area contributed by atoms with Crippen molar-refractivity contribution in [1.82, 2.24) is 14.5 Å². The fourth-order valence-corrected chi connectivity index (χ4v) is 5.79. The largest absolute Gasteiger partial charge is 0.342 e. The molecule has 1 atom stereocenters. The van der Waals surface area contributed by atoms with Gasteiger partial charge in [-0.2, -0.15) is 0 Å². The van der Waals surface area contributed by atoms with E-state index in [0.29, 0.717) is 5.92 Å². The van der Waals surface area contributed by atoms with Gasteiger partial charge in [-0.1, -0.05) is 30.7 Å². The Bertz CT molecular complexity index is 794. The highest BCUT2D eigenvalue weighted by molar-refractivity contribution is 7.89. The lowest BCUT2D eigenvalue weighted by Crippen LogP contribution is -2.45. The van der Waals surface area contributed by atoms with Gasteiger partial charge in [-0.05, 0) is 62.7 Å². The van der Waals surface area contributed by atoms with Crippen LogP contribution < -0.4 is 4.72 Å². The summed E-state index contributed by atoms with van der Waals surface area (Å²) in [6, 6.07) is 6.31. The molecule has 0 aromatic heterocycles. The van der Waals surface area contributed by atoms with Gasteiger partial charge in [-0.15, -0.1) is 0 Å². The molecule has 1 N–H and O–H groups in total. The topological polar surface area (TPSA) is 69.7 Å². The predicted octanol–water partition coefficient (Wildman–Crippen LogP) is 2.98. The molecule has 1 aromatic rings. The van der Waals surface area contributed by atoms with E-state index in [0.717, 1.165) is 51.5 Å². The number of carbonyl (C=O) groups is 1. The molecule has 29 heavy (non-hydrogen) atoms. The summed E-state index contributed by atoms with van der Waals surface area (Å²) in [5.41, 5.74) is 0. The molecular weight excluding hydrogens is 410 g/mol. The van der Waals surface area contributed by atoms with Crippen molar-refractivity contribution >= 4 is 27.5 Å². The number of sulfonamides is 1. The lowest BCUT2D eigenvalue weighted by Gasteiger charge is -2.38. The molecule has 0 spiro atoms. The van der Waals surface area contributed by atoms with Crippen LogP contribution in [-0.4, -0.2) is 63.4 Å². The second-order valence-corrected chi connectivity index (χ2v) is 10.6. The third-order valence-electron chi connectivity index (χ3n) is 6.02. The van der Waals surface area contributed by atoms with Gasteiger partial charge in [0.05, 0.1) is 5.02 Å². The number of carbonyl (C=O) groups excluding carboxylic acids is 1. The first-order valence-corrected chi connectivity index (χ1v) is 12.5. The minimum Gasteiger partial charge on any atom is -0.342 e. The Morgan fingerprint density at radius 2 is 1.90 bits per heavy atom. The van der Waals surface area contributed by atoms with Crippen LogP contribution in [-0.2, 0) is 14.8 Å². The normalized spacial score (nSPS) is 22.0. The Morgan fingerprint density at radius 1 is 1.17 bits per heavy atom. The van der Waals surface area contributed by atoms with Crippen molar-refractivity contribution in [3.63, 3.8) is 0 Å². The van der Waals surface area contributed by atoms with Gasteiger partial charge in [-0.25, -0.2) is 13.1 Å². The predicted molar refractivity (Wildman–Crippen MR) is 115 cm³/mol. The molecule has 162 valence electrons. The van der Waals surface area contributed by atoms with Crippen molar-refractivity contribution in [1.29, 1.82) is 0 Å². The van der Waals surface area contributed by atoms with E-state index in [1.165, 1.54) is 25.0 Å². The van der Waals surface area contributed by atoms with Crippen molar-refractivity contribution in [2.24, 2.45) is 11.8 Å². The van der Waals surface area contributed by atoms with Crippen LogP contribution in [0.15, 0.2) is 29.2 Å². The lowest BCUT2D eigenvalue weighted by atomic mass is 9.94. The molecule has 2 heterocycles. The second-order valence-electron chi connectivity index (χ2n) is 8.41. The van der Waals surface area contributed by atoms with E-state index >= 15 is 0 Å². The van der Waals surface area contributed by atoms with Crippen LogP contribution in [0.1, 0.15) is 39.0 Å². The van der Waals surface area contributed by atoms with E-state index in [1.807, 2.05) is 4.90 Å². The summed E-state index contributed by atoms with van der Waals surface area (Å²) in [5.74, 6) is 1.36. The van der Waals surface area contributed by atoms with Crippen LogP contribution in [0.5, 0.6) is 0 Å². The highest BCUT2D eigenvalue weighted by Crippen LogP contribution is 2.23. The standard InChI is InChI=1S/C21H32ClN3O3S/c1-17-9-13-24(14-10-17)15-18-5-4-12-25(16-18)21(26)8-11-23-29(27,28)20-7-3-2-6-19(20)22/h2-3,6-7,17-18,23H,4-5,8-16H2,1H3. The van der Waals surface area contributed by atoms with Gasteiger partial charge in [0.15, 0.2) is 0 Å². The third kappa shape index (κ3) is 6.41. The van der Waals surface area contributed by atoms with Crippen LogP contribution in [0.3, 0.4) is 0 Å². The number of halogens is 1. The molecular formula is C21H32ClN3O3S. The quantitative estimate of drug-likeness (QED) is 0.706. The van der Waals surface area contributed by atoms with E-state index < -0.39 is 10.0 Å². The minimum atomic E-state index is -3.71. The van der Waals surface area contributed by atoms with Gasteiger partial charge >= 0.3 is 0 Å². The van der Waals surface area contributed by atoms with Gasteiger partial charge in [-0.3, -0.25) is 4.79 Å². The maximum Gasteiger partial charge on any atom is 0.242 e. The number of nitrogens with zero attached hydrogens (tertiary/aromatic N) is 2. The summed E-state index contributed by atoms with van der Waals surface area (Å²) >= 11 is 5.98. The first kappa shape index (κ1) is 22.5. The van der Waals surface area contributed by atoms with Crippen molar-refractivity contribution in [2.45, 2.75) is 43.9 Å². The molecule has 2 fully saturated rings. The van der Waals surface area contributed by atoms with Crippen molar-refractivity contribution in [2.75, 3.05) is 39.3 Å². The first-order valence-electron chi connectivity index (χ1n) is 10.6. The Morgan fingerprint density at radius 3 is 2.62 bits per heavy atom. The summed E-state index contributed by atoms with van der Waals surface area (Å²) in [4.78, 5) is 17.1. The number of amides is 1. The van der Waals surface area contributed by atoms with Crippen LogP contribution in [0, 0.1) is 11.8 Å². The van der Waals surface area contributed by atoms with Gasteiger partial charge in [0.1, 0.15) is 4.90 Å². The van der Waals surface area contributed by atoms with Crippen LogP contribution in [0.2, 0.25) is 5.02 Å². The van der Waals surface area contributed by atoms with Crippen molar-refractivity contribution in [3.8, 4) is 0 Å². The molecule has 6 nitrogen and oxygen atoms in total. The van der Waals surface area contributed by atoms with E-state index in [4.69, 9.17) is 11.6 Å². The molecule has 2 aliphatic heterocycles. The van der Waals surface area contributed by atoms with Crippen LogP contribution in [0.25, 0.3) is 0 Å². The van der Waals surface area contributed by atoms with Crippen LogP contribution >= 0.6 is 11.6 Å². The fourth-order valence-electron chi connectivity index (χ4n) is 4.24. The molecule has 0 radical (unpaired) electrons. The monoisotopic (exact) mass is 441 g/mol. The number of piperidine rings is 2. The lowest BCUT2D eigenvalue weighted by molar-refractivity contribution is -0.133. The van der Waals surface area contributed by atoms with E-state index in [-0.39, 0.29) is 28.8 Å². The van der Waals surface area contributed by atoms with Crippen molar-refractivity contribution in [3.05, 3.63) is 29.3 Å². The molecule has 3 rings (SSSR count). The van der Waals surface area contributed by atoms with Gasteiger partial charge in [0.25, 0.3) is 0 Å². The van der Waals surface area contributed by atoms with E-state index in [2.05, 4.69) is 16.5 Å². The van der Waals surface area contributed by atoms with E-state index in [9.17, 15) is 13.2 Å². The van der Waals surface area contributed by atoms with Crippen molar-refractivity contribution < 1.29 is 13.2 Å². The number of rotatable bonds is 7. The fraction of sp³-hybridized carbons (Fsp3) is 0.667. The second kappa shape index (κ2) is 10.2. The SMILES string of the molecule is CC1CCN(CC2CCCN(C(=O)CCNS(=O)(=O)c3ccccc3Cl)C2)CC1. The molecule has 0 aliphatic carbocycles. The molecule has 2 saturated heterocycles. The Kier molecular flexibility index (Phi) is 7.96. The molecule has 0 bridgehead atoms. The molecule has 0 saturated carbocycles. The van der Waals surface area contributed by atoms with Gasteiger partial charge in [0, 0.05) is 32.6 Å². The zero-order valence-electron chi connectivity index (χ0n) is 17.1. The molecule has 1 unspecified atom stereocenters. The molecule has 1 aromatic carbocycles. The summed E-state index contributed by atoms with van der Waals surface area (Å²) in [5, 5.41) is 0.178. The molecule has 2 aliphatic rings. The maximum atomic E-state index is 12.6. The number of likely N-dealkylation sites (tertiary alicyclic amines) is 2. The number of nitrogens with one attached hydrogen (secondary N) is 1. The average molecular weight is 442 g/mol. The average Bonchev–Trinajstić information content (AvgIpc) is 2.70. The van der Waals surface area contributed by atoms with Gasteiger partial charge in [0.2, 0.25) is 15.9 Å². The number of benzene rings is 1. The summed E-state index contributed by atoms with van der Waals surface area (Å²) in [6.45, 7) is 7.34. The zero-order chi connectivity index (χ0) is 20.9. The Labute approximate surface area is 179 Å². The third-order valence-corrected chi connectivity index (χ3v) is 7.98. The minimum absolute atomic E-state index is 0.0174. The summed E-state index contributed by atoms with van der Waals surface area (Å²) in [7, 11) is -3.71. The first-order chi connectivity index (χ1) is 13.8. The smallest absolute Gasteiger partial charge is 0.242 e. The van der Waals surface area contributed by atoms with Crippen LogP contribution in [0.4, 0.5) is 0 Å². The Hall–Kier alpha value is -1.15. The Balaban J connectivity index is 1.45. The zero-order valence-corrected chi connectivity index (χ0v) is 18.7. The maximum absolute atomic E-state index is 12.6. The number of hydrogen-bond donors (Lipinski definition) is 1. The van der Waals surface area contributed by atoms with Gasteiger partial charge < -0.3 is 9.80 Å². The number of hydrogen-bond acceptors (Lipinski definition) is 4. The summed E-state index contributed by atoms with van der Waals surface area (Å²) in [6.07, 6.45) is 4.88.